The fraction of sp³-hybridized carbons (Fsp3) is 0.333. The lowest BCUT2D eigenvalue weighted by Crippen LogP contribution is -2.35. The minimum Gasteiger partial charge on any atom is -0.497 e. The Morgan fingerprint density at radius 2 is 2.14 bits per heavy atom. The number of nitriles is 1. The average molecular weight is 489 g/mol. The molecule has 4 rings (SSSR count). The van der Waals surface area contributed by atoms with Crippen LogP contribution in [0.4, 0.5) is 5.00 Å². The molecule has 2 amide bonds. The van der Waals surface area contributed by atoms with E-state index in [-0.39, 0.29) is 17.7 Å². The largest absolute Gasteiger partial charge is 0.497 e. The fourth-order valence-corrected chi connectivity index (χ4v) is 5.51. The Labute approximate surface area is 209 Å². The molecule has 1 aliphatic rings. The number of carbonyl (C=O) groups excluding carboxylic acids is 2. The third-order valence-electron chi connectivity index (χ3n) is 6.25. The van der Waals surface area contributed by atoms with Crippen molar-refractivity contribution < 1.29 is 14.3 Å². The third kappa shape index (κ3) is 5.87. The van der Waals surface area contributed by atoms with Crippen LogP contribution in [0.15, 0.2) is 48.7 Å². The van der Waals surface area contributed by atoms with E-state index in [4.69, 9.17) is 4.74 Å². The predicted molar refractivity (Wildman–Crippen MR) is 135 cm³/mol. The van der Waals surface area contributed by atoms with Gasteiger partial charge in [-0.2, -0.15) is 5.26 Å². The van der Waals surface area contributed by atoms with Crippen molar-refractivity contribution >= 4 is 28.2 Å². The number of carbonyl (C=O) groups is 2. The summed E-state index contributed by atoms with van der Waals surface area (Å²) in [6, 6.07) is 15.7. The van der Waals surface area contributed by atoms with E-state index in [0.29, 0.717) is 49.3 Å². The summed E-state index contributed by atoms with van der Waals surface area (Å²) in [5.74, 6) is 0.689. The number of hydrogen-bond acceptors (Lipinski definition) is 6. The lowest BCUT2D eigenvalue weighted by Gasteiger charge is -2.27. The Morgan fingerprint density at radius 3 is 2.89 bits per heavy atom. The number of pyridine rings is 1. The van der Waals surface area contributed by atoms with Gasteiger partial charge in [0.05, 0.1) is 19.2 Å². The van der Waals surface area contributed by atoms with E-state index in [9.17, 15) is 14.9 Å². The van der Waals surface area contributed by atoms with Gasteiger partial charge in [-0.1, -0.05) is 25.1 Å². The molecule has 180 valence electrons. The fourth-order valence-electron chi connectivity index (χ4n) is 4.28. The quantitative estimate of drug-likeness (QED) is 0.497. The number of aromatic nitrogens is 1. The molecule has 0 fully saturated rings. The predicted octanol–water partition coefficient (Wildman–Crippen LogP) is 4.67. The summed E-state index contributed by atoms with van der Waals surface area (Å²) < 4.78 is 5.28. The molecule has 35 heavy (non-hydrogen) atoms. The summed E-state index contributed by atoms with van der Waals surface area (Å²) in [6.45, 7) is 3.03. The van der Waals surface area contributed by atoms with Crippen molar-refractivity contribution in [2.24, 2.45) is 0 Å². The molecule has 2 aromatic heterocycles. The van der Waals surface area contributed by atoms with Gasteiger partial charge in [0.2, 0.25) is 11.8 Å². The Bertz CT molecular complexity index is 1250. The van der Waals surface area contributed by atoms with E-state index < -0.39 is 0 Å². The number of anilines is 1. The zero-order chi connectivity index (χ0) is 24.8. The molecule has 0 bridgehead atoms. The molecule has 0 saturated heterocycles. The molecule has 1 aliphatic heterocycles. The number of aryl methyl sites for hydroxylation is 1. The maximum Gasteiger partial charge on any atom is 0.225 e. The normalized spacial score (nSPS) is 13.5. The van der Waals surface area contributed by atoms with Crippen LogP contribution in [0.1, 0.15) is 52.9 Å². The minimum absolute atomic E-state index is 0.00237. The molecule has 0 radical (unpaired) electrons. The first-order valence-corrected chi connectivity index (χ1v) is 12.5. The number of hydrogen-bond donors (Lipinski definition) is 1. The second-order valence-electron chi connectivity index (χ2n) is 8.64. The molecule has 0 spiro atoms. The van der Waals surface area contributed by atoms with E-state index in [0.717, 1.165) is 27.4 Å². The number of amides is 2. The number of nitrogens with one attached hydrogen (secondary N) is 1. The van der Waals surface area contributed by atoms with Crippen LogP contribution in [-0.2, 0) is 29.0 Å². The molecule has 3 heterocycles. The smallest absolute Gasteiger partial charge is 0.225 e. The van der Waals surface area contributed by atoms with Gasteiger partial charge in [-0.25, -0.2) is 0 Å². The Balaban J connectivity index is 1.39. The summed E-state index contributed by atoms with van der Waals surface area (Å²) >= 11 is 1.40. The Morgan fingerprint density at radius 1 is 1.29 bits per heavy atom. The van der Waals surface area contributed by atoms with Gasteiger partial charge in [0.25, 0.3) is 0 Å². The number of ether oxygens (including phenoxy) is 1. The highest BCUT2D eigenvalue weighted by Gasteiger charge is 2.27. The van der Waals surface area contributed by atoms with Gasteiger partial charge in [-0.05, 0) is 54.2 Å². The zero-order valence-corrected chi connectivity index (χ0v) is 20.7. The van der Waals surface area contributed by atoms with Gasteiger partial charge in [-0.3, -0.25) is 14.6 Å². The van der Waals surface area contributed by atoms with E-state index in [1.165, 1.54) is 11.3 Å². The first kappa shape index (κ1) is 24.4. The van der Waals surface area contributed by atoms with Crippen LogP contribution in [0.25, 0.3) is 0 Å². The Kier molecular flexibility index (Phi) is 7.78. The van der Waals surface area contributed by atoms with E-state index in [2.05, 4.69) is 16.4 Å². The molecule has 0 unspecified atom stereocenters. The van der Waals surface area contributed by atoms with E-state index in [1.54, 1.807) is 13.3 Å². The van der Waals surface area contributed by atoms with Crippen molar-refractivity contribution in [1.29, 1.82) is 5.26 Å². The molecule has 1 aromatic carbocycles. The maximum absolute atomic E-state index is 12.8. The highest BCUT2D eigenvalue weighted by Crippen LogP contribution is 2.37. The zero-order valence-electron chi connectivity index (χ0n) is 19.9. The van der Waals surface area contributed by atoms with Crippen LogP contribution in [-0.4, -0.2) is 35.4 Å². The summed E-state index contributed by atoms with van der Waals surface area (Å²) in [5, 5.41) is 13.3. The molecule has 0 aliphatic carbocycles. The first-order valence-electron chi connectivity index (χ1n) is 11.6. The van der Waals surface area contributed by atoms with E-state index in [1.807, 2.05) is 54.3 Å². The molecule has 7 nitrogen and oxygen atoms in total. The van der Waals surface area contributed by atoms with Crippen LogP contribution in [0.5, 0.6) is 5.75 Å². The number of fused-ring (bicyclic) bond motifs is 1. The highest BCUT2D eigenvalue weighted by atomic mass is 32.1. The van der Waals surface area contributed by atoms with Crippen molar-refractivity contribution in [3.63, 3.8) is 0 Å². The number of benzene rings is 1. The van der Waals surface area contributed by atoms with Crippen LogP contribution in [0.2, 0.25) is 0 Å². The SMILES string of the molecule is COc1cccc([C@@H](C)CC(=O)Nc2sc3c(c2C#N)CCN(C(=O)CCc2ccccn2)C3)c1. The summed E-state index contributed by atoms with van der Waals surface area (Å²) in [6.07, 6.45) is 3.63. The molecule has 1 atom stereocenters. The molecule has 8 heteroatoms. The third-order valence-corrected chi connectivity index (χ3v) is 7.38. The first-order chi connectivity index (χ1) is 17.0. The lowest BCUT2D eigenvalue weighted by molar-refractivity contribution is -0.132. The maximum atomic E-state index is 12.8. The van der Waals surface area contributed by atoms with Crippen LogP contribution in [0, 0.1) is 11.3 Å². The second-order valence-corrected chi connectivity index (χ2v) is 9.74. The molecular weight excluding hydrogens is 460 g/mol. The number of thiophene rings is 1. The van der Waals surface area contributed by atoms with Gasteiger partial charge >= 0.3 is 0 Å². The topological polar surface area (TPSA) is 95.3 Å². The van der Waals surface area contributed by atoms with Gasteiger partial charge in [0.1, 0.15) is 16.8 Å². The van der Waals surface area contributed by atoms with Crippen LogP contribution < -0.4 is 10.1 Å². The summed E-state index contributed by atoms with van der Waals surface area (Å²) in [5.41, 5.74) is 3.38. The van der Waals surface area contributed by atoms with Gasteiger partial charge in [0.15, 0.2) is 0 Å². The van der Waals surface area contributed by atoms with Gasteiger partial charge in [0, 0.05) is 36.2 Å². The minimum atomic E-state index is -0.140. The number of methoxy groups -OCH3 is 1. The van der Waals surface area contributed by atoms with Crippen molar-refractivity contribution in [1.82, 2.24) is 9.88 Å². The molecular formula is C27H28N4O3S. The van der Waals surface area contributed by atoms with Gasteiger partial charge < -0.3 is 15.0 Å². The number of nitrogens with zero attached hydrogens (tertiary/aromatic N) is 3. The average Bonchev–Trinajstić information content (AvgIpc) is 3.23. The molecule has 3 aromatic rings. The lowest BCUT2D eigenvalue weighted by atomic mass is 9.97. The van der Waals surface area contributed by atoms with Gasteiger partial charge in [-0.15, -0.1) is 11.3 Å². The van der Waals surface area contributed by atoms with Crippen LogP contribution >= 0.6 is 11.3 Å². The second kappa shape index (κ2) is 11.2. The van der Waals surface area contributed by atoms with E-state index >= 15 is 0 Å². The molecule has 0 saturated carbocycles. The van der Waals surface area contributed by atoms with Crippen molar-refractivity contribution in [2.75, 3.05) is 19.0 Å². The van der Waals surface area contributed by atoms with Crippen molar-refractivity contribution in [2.45, 2.75) is 45.1 Å². The molecule has 1 N–H and O–H groups in total. The monoisotopic (exact) mass is 488 g/mol. The van der Waals surface area contributed by atoms with Crippen molar-refractivity contribution in [3.05, 3.63) is 75.9 Å². The van der Waals surface area contributed by atoms with Crippen molar-refractivity contribution in [3.8, 4) is 11.8 Å². The summed E-state index contributed by atoms with van der Waals surface area (Å²) in [7, 11) is 1.62. The summed E-state index contributed by atoms with van der Waals surface area (Å²) in [4.78, 5) is 32.7. The number of rotatable bonds is 8. The standard InChI is InChI=1S/C27H28N4O3S/c1-18(19-6-5-8-21(15-19)34-2)14-25(32)30-27-23(16-28)22-11-13-31(17-24(22)35-27)26(33)10-9-20-7-3-4-12-29-20/h3-8,12,15,18H,9-11,13-14,17H2,1-2H3,(H,30,32)/t18-/m0/s1. The highest BCUT2D eigenvalue weighted by molar-refractivity contribution is 7.16. The Hall–Kier alpha value is -3.70. The van der Waals surface area contributed by atoms with Crippen LogP contribution in [0.3, 0.4) is 0 Å².